The number of nitrogens with one attached hydrogen (secondary N) is 2. The van der Waals surface area contributed by atoms with Crippen LogP contribution in [0.5, 0.6) is 0 Å². The van der Waals surface area contributed by atoms with Crippen molar-refractivity contribution in [1.29, 1.82) is 0 Å². The van der Waals surface area contributed by atoms with Crippen molar-refractivity contribution in [1.82, 2.24) is 15.3 Å². The summed E-state index contributed by atoms with van der Waals surface area (Å²) < 4.78 is 0. The van der Waals surface area contributed by atoms with Gasteiger partial charge in [0.05, 0.1) is 5.69 Å². The van der Waals surface area contributed by atoms with E-state index in [1.165, 1.54) is 0 Å². The van der Waals surface area contributed by atoms with Crippen LogP contribution < -0.4 is 10.6 Å². The van der Waals surface area contributed by atoms with Gasteiger partial charge in [-0.3, -0.25) is 0 Å². The van der Waals surface area contributed by atoms with E-state index in [4.69, 9.17) is 5.11 Å². The van der Waals surface area contributed by atoms with Crippen LogP contribution >= 0.6 is 0 Å². The first-order valence-corrected chi connectivity index (χ1v) is 5.68. The van der Waals surface area contributed by atoms with Gasteiger partial charge in [-0.2, -0.15) is 0 Å². The van der Waals surface area contributed by atoms with E-state index in [1.54, 1.807) is 0 Å². The number of nitrogens with zero attached hydrogens (tertiary/aromatic N) is 2. The van der Waals surface area contributed by atoms with Gasteiger partial charge in [0.15, 0.2) is 0 Å². The number of aromatic nitrogens is 2. The summed E-state index contributed by atoms with van der Waals surface area (Å²) in [6.07, 6.45) is 0.741. The van der Waals surface area contributed by atoms with Crippen LogP contribution in [0.4, 0.5) is 5.82 Å². The minimum Gasteiger partial charge on any atom is -0.475 e. The van der Waals surface area contributed by atoms with Crippen LogP contribution in [-0.2, 0) is 13.0 Å². The van der Waals surface area contributed by atoms with E-state index in [1.807, 2.05) is 13.8 Å². The highest BCUT2D eigenvalue weighted by molar-refractivity contribution is 5.83. The maximum Gasteiger partial charge on any atom is 0.374 e. The molecule has 1 aromatic heterocycles. The zero-order valence-electron chi connectivity index (χ0n) is 9.95. The van der Waals surface area contributed by atoms with Crippen molar-refractivity contribution in [2.45, 2.75) is 32.9 Å². The van der Waals surface area contributed by atoms with Crippen molar-refractivity contribution in [2.75, 3.05) is 11.9 Å². The molecule has 0 bridgehead atoms. The van der Waals surface area contributed by atoms with Crippen LogP contribution in [0, 0.1) is 0 Å². The lowest BCUT2D eigenvalue weighted by atomic mass is 10.1. The number of aromatic carboxylic acids is 1. The average molecular weight is 236 g/mol. The number of carboxylic acid groups (broad SMARTS) is 1. The van der Waals surface area contributed by atoms with Crippen molar-refractivity contribution in [3.63, 3.8) is 0 Å². The molecule has 6 nitrogen and oxygen atoms in total. The Morgan fingerprint density at radius 3 is 2.88 bits per heavy atom. The molecule has 0 aromatic carbocycles. The predicted molar refractivity (Wildman–Crippen MR) is 63.2 cm³/mol. The van der Waals surface area contributed by atoms with Gasteiger partial charge in [-0.05, 0) is 13.8 Å². The smallest absolute Gasteiger partial charge is 0.374 e. The van der Waals surface area contributed by atoms with Crippen LogP contribution in [0.25, 0.3) is 0 Å². The van der Waals surface area contributed by atoms with E-state index >= 15 is 0 Å². The molecule has 0 atom stereocenters. The zero-order valence-corrected chi connectivity index (χ0v) is 9.95. The van der Waals surface area contributed by atoms with Crippen molar-refractivity contribution in [2.24, 2.45) is 0 Å². The zero-order chi connectivity index (χ0) is 12.4. The molecule has 0 radical (unpaired) electrons. The molecule has 0 amide bonds. The lowest BCUT2D eigenvalue weighted by molar-refractivity contribution is 0.0683. The third-order valence-electron chi connectivity index (χ3n) is 2.55. The van der Waals surface area contributed by atoms with Gasteiger partial charge in [-0.25, -0.2) is 14.8 Å². The molecule has 1 aliphatic heterocycles. The highest BCUT2D eigenvalue weighted by Crippen LogP contribution is 2.20. The maximum atomic E-state index is 11.0. The molecular formula is C11H16N4O2. The molecule has 6 heteroatoms. The molecule has 0 aliphatic carbocycles. The fourth-order valence-corrected chi connectivity index (χ4v) is 1.83. The van der Waals surface area contributed by atoms with E-state index in [0.29, 0.717) is 12.4 Å². The highest BCUT2D eigenvalue weighted by Gasteiger charge is 2.20. The Kier molecular flexibility index (Phi) is 3.23. The van der Waals surface area contributed by atoms with Crippen LogP contribution in [0.2, 0.25) is 0 Å². The van der Waals surface area contributed by atoms with Crippen LogP contribution in [-0.4, -0.2) is 33.6 Å². The maximum absolute atomic E-state index is 11.0. The second-order valence-corrected chi connectivity index (χ2v) is 4.35. The Hall–Kier alpha value is -1.69. The van der Waals surface area contributed by atoms with Gasteiger partial charge in [-0.15, -0.1) is 0 Å². The largest absolute Gasteiger partial charge is 0.475 e. The Labute approximate surface area is 99.5 Å². The summed E-state index contributed by atoms with van der Waals surface area (Å²) in [4.78, 5) is 19.1. The van der Waals surface area contributed by atoms with E-state index < -0.39 is 5.97 Å². The topological polar surface area (TPSA) is 87.1 Å². The van der Waals surface area contributed by atoms with Gasteiger partial charge >= 0.3 is 5.97 Å². The number of carbonyl (C=O) groups is 1. The van der Waals surface area contributed by atoms with Crippen LogP contribution in [0.15, 0.2) is 0 Å². The Bertz CT molecular complexity index is 445. The summed E-state index contributed by atoms with van der Waals surface area (Å²) >= 11 is 0. The average Bonchev–Trinajstić information content (AvgIpc) is 2.28. The van der Waals surface area contributed by atoms with Crippen molar-refractivity contribution >= 4 is 11.8 Å². The summed E-state index contributed by atoms with van der Waals surface area (Å²) in [7, 11) is 0. The number of hydrogen-bond donors (Lipinski definition) is 3. The Morgan fingerprint density at radius 2 is 2.24 bits per heavy atom. The van der Waals surface area contributed by atoms with Gasteiger partial charge in [0.2, 0.25) is 5.82 Å². The molecule has 2 heterocycles. The number of fused-ring (bicyclic) bond motifs is 1. The predicted octanol–water partition coefficient (Wildman–Crippen LogP) is 0.641. The summed E-state index contributed by atoms with van der Waals surface area (Å²) in [5.41, 5.74) is 1.81. The monoisotopic (exact) mass is 236 g/mol. The highest BCUT2D eigenvalue weighted by atomic mass is 16.4. The molecular weight excluding hydrogens is 220 g/mol. The van der Waals surface area contributed by atoms with Crippen molar-refractivity contribution in [3.8, 4) is 0 Å². The van der Waals surface area contributed by atoms with Crippen LogP contribution in [0.3, 0.4) is 0 Å². The van der Waals surface area contributed by atoms with Crippen molar-refractivity contribution in [3.05, 3.63) is 17.1 Å². The molecule has 0 saturated heterocycles. The molecule has 0 spiro atoms. The minimum atomic E-state index is -1.09. The molecule has 0 fully saturated rings. The third kappa shape index (κ3) is 2.52. The Balaban J connectivity index is 2.46. The number of rotatable bonds is 3. The number of hydrogen-bond acceptors (Lipinski definition) is 5. The summed E-state index contributed by atoms with van der Waals surface area (Å²) in [5, 5.41) is 15.4. The second kappa shape index (κ2) is 4.67. The fraction of sp³-hybridized carbons (Fsp3) is 0.545. The molecule has 1 aliphatic rings. The SMILES string of the molecule is CC(C)Nc1nc(C(=O)O)nc2c1CNCC2. The molecule has 0 unspecified atom stereocenters. The first kappa shape index (κ1) is 11.8. The lowest BCUT2D eigenvalue weighted by Crippen LogP contribution is -2.28. The third-order valence-corrected chi connectivity index (χ3v) is 2.55. The van der Waals surface area contributed by atoms with Gasteiger partial charge in [0, 0.05) is 31.1 Å². The molecule has 92 valence electrons. The first-order valence-electron chi connectivity index (χ1n) is 5.68. The van der Waals surface area contributed by atoms with Gasteiger partial charge in [0.1, 0.15) is 5.82 Å². The summed E-state index contributed by atoms with van der Waals surface area (Å²) in [5.74, 6) is -0.582. The van der Waals surface area contributed by atoms with E-state index in [2.05, 4.69) is 20.6 Å². The summed E-state index contributed by atoms with van der Waals surface area (Å²) in [6, 6.07) is 0.206. The molecule has 1 aromatic rings. The summed E-state index contributed by atoms with van der Waals surface area (Å²) in [6.45, 7) is 5.49. The second-order valence-electron chi connectivity index (χ2n) is 4.35. The van der Waals surface area contributed by atoms with Gasteiger partial charge in [-0.1, -0.05) is 0 Å². The first-order chi connectivity index (χ1) is 8.08. The van der Waals surface area contributed by atoms with E-state index in [-0.39, 0.29) is 11.9 Å². The molecule has 2 rings (SSSR count). The normalized spacial score (nSPS) is 14.5. The molecule has 17 heavy (non-hydrogen) atoms. The molecule has 3 N–H and O–H groups in total. The van der Waals surface area contributed by atoms with Gasteiger partial charge < -0.3 is 15.7 Å². The molecule has 0 saturated carbocycles. The van der Waals surface area contributed by atoms with Crippen LogP contribution in [0.1, 0.15) is 35.7 Å². The minimum absolute atomic E-state index is 0.131. The van der Waals surface area contributed by atoms with Gasteiger partial charge in [0.25, 0.3) is 0 Å². The lowest BCUT2D eigenvalue weighted by Gasteiger charge is -2.21. The van der Waals surface area contributed by atoms with E-state index in [0.717, 1.165) is 24.2 Å². The number of carboxylic acids is 1. The van der Waals surface area contributed by atoms with Crippen molar-refractivity contribution < 1.29 is 9.90 Å². The fourth-order valence-electron chi connectivity index (χ4n) is 1.83. The van der Waals surface area contributed by atoms with E-state index in [9.17, 15) is 4.79 Å². The number of anilines is 1. The standard InChI is InChI=1S/C11H16N4O2/c1-6(2)13-9-7-5-12-4-3-8(7)14-10(15-9)11(16)17/h6,12H,3-5H2,1-2H3,(H,16,17)(H,13,14,15). The quantitative estimate of drug-likeness (QED) is 0.714. The Morgan fingerprint density at radius 1 is 1.47 bits per heavy atom.